The molecule has 38 heavy (non-hydrogen) atoms. The number of nitrogens with one attached hydrogen (secondary N) is 1. The van der Waals surface area contributed by atoms with Gasteiger partial charge in [-0.15, -0.1) is 11.3 Å². The SMILES string of the molecule is O=C(NC1CC1)c1cc2c(s1)-c1ccccc1N(C(=O)c1ccc3ccc(N4CCOCC4)cc3n1)CC2. The van der Waals surface area contributed by atoms with Gasteiger partial charge in [0.1, 0.15) is 5.69 Å². The minimum Gasteiger partial charge on any atom is -0.378 e. The molecule has 2 fully saturated rings. The molecule has 2 amide bonds. The van der Waals surface area contributed by atoms with Gasteiger partial charge in [0, 0.05) is 47.2 Å². The maximum atomic E-state index is 13.9. The van der Waals surface area contributed by atoms with E-state index in [9.17, 15) is 9.59 Å². The molecule has 4 aromatic rings. The first kappa shape index (κ1) is 23.4. The number of aromatic nitrogens is 1. The Morgan fingerprint density at radius 1 is 0.974 bits per heavy atom. The standard InChI is InChI=1S/C30H28N4O3S/c35-29(31-21-7-8-21)27-17-20-11-12-34(26-4-2-1-3-23(26)28(20)38-27)30(36)24-10-6-19-5-9-22(18-25(19)32-24)33-13-15-37-16-14-33/h1-6,9-10,17-18,21H,7-8,11-16H2,(H,31,35). The molecule has 0 unspecified atom stereocenters. The van der Waals surface area contributed by atoms with Crippen molar-refractivity contribution in [1.82, 2.24) is 10.3 Å². The Bertz CT molecular complexity index is 1550. The summed E-state index contributed by atoms with van der Waals surface area (Å²) < 4.78 is 5.49. The molecule has 0 radical (unpaired) electrons. The van der Waals surface area contributed by atoms with Gasteiger partial charge in [0.15, 0.2) is 0 Å². The number of morpholine rings is 1. The number of thiophene rings is 1. The zero-order valence-electron chi connectivity index (χ0n) is 21.0. The van der Waals surface area contributed by atoms with Crippen LogP contribution in [0.25, 0.3) is 21.3 Å². The summed E-state index contributed by atoms with van der Waals surface area (Å²) in [6, 6.07) is 20.4. The van der Waals surface area contributed by atoms with E-state index in [-0.39, 0.29) is 11.8 Å². The highest BCUT2D eigenvalue weighted by molar-refractivity contribution is 7.17. The number of rotatable bonds is 4. The highest BCUT2D eigenvalue weighted by atomic mass is 32.1. The molecule has 2 aromatic carbocycles. The van der Waals surface area contributed by atoms with Crippen LogP contribution in [0.3, 0.4) is 0 Å². The number of hydrogen-bond donors (Lipinski definition) is 1. The second kappa shape index (κ2) is 9.53. The highest BCUT2D eigenvalue weighted by Crippen LogP contribution is 2.42. The summed E-state index contributed by atoms with van der Waals surface area (Å²) in [5, 5.41) is 4.10. The zero-order chi connectivity index (χ0) is 25.6. The number of carbonyl (C=O) groups excluding carboxylic acids is 2. The van der Waals surface area contributed by atoms with Gasteiger partial charge >= 0.3 is 0 Å². The van der Waals surface area contributed by atoms with E-state index in [0.717, 1.165) is 82.3 Å². The lowest BCUT2D eigenvalue weighted by atomic mass is 10.1. The molecule has 0 atom stereocenters. The lowest BCUT2D eigenvalue weighted by molar-refractivity contribution is 0.0952. The van der Waals surface area contributed by atoms with Crippen molar-refractivity contribution < 1.29 is 14.3 Å². The normalized spacial score (nSPS) is 17.1. The average Bonchev–Trinajstić information content (AvgIpc) is 3.71. The number of benzene rings is 2. The number of nitrogens with zero attached hydrogens (tertiary/aromatic N) is 3. The predicted octanol–water partition coefficient (Wildman–Crippen LogP) is 4.90. The van der Waals surface area contributed by atoms with Crippen LogP contribution in [-0.2, 0) is 11.2 Å². The van der Waals surface area contributed by atoms with Crippen LogP contribution >= 0.6 is 11.3 Å². The van der Waals surface area contributed by atoms with E-state index >= 15 is 0 Å². The van der Waals surface area contributed by atoms with Gasteiger partial charge in [-0.05, 0) is 55.2 Å². The van der Waals surface area contributed by atoms with Crippen molar-refractivity contribution in [2.24, 2.45) is 0 Å². The van der Waals surface area contributed by atoms with Gasteiger partial charge in [-0.2, -0.15) is 0 Å². The van der Waals surface area contributed by atoms with Crippen molar-refractivity contribution in [3.63, 3.8) is 0 Å². The first-order valence-electron chi connectivity index (χ1n) is 13.2. The molecule has 1 saturated carbocycles. The Morgan fingerprint density at radius 2 is 1.79 bits per heavy atom. The van der Waals surface area contributed by atoms with Gasteiger partial charge in [0.25, 0.3) is 11.8 Å². The number of pyridine rings is 1. The molecule has 0 spiro atoms. The number of ether oxygens (including phenoxy) is 1. The van der Waals surface area contributed by atoms with E-state index in [1.54, 1.807) is 0 Å². The first-order chi connectivity index (χ1) is 18.6. The number of hydrogen-bond acceptors (Lipinski definition) is 6. The Kier molecular flexibility index (Phi) is 5.86. The van der Waals surface area contributed by atoms with Gasteiger partial charge in [0.05, 0.1) is 29.3 Å². The fraction of sp³-hybridized carbons (Fsp3) is 0.300. The van der Waals surface area contributed by atoms with Crippen LogP contribution in [0, 0.1) is 0 Å². The van der Waals surface area contributed by atoms with Gasteiger partial charge < -0.3 is 19.9 Å². The molecule has 2 aliphatic heterocycles. The van der Waals surface area contributed by atoms with Crippen molar-refractivity contribution in [1.29, 1.82) is 0 Å². The van der Waals surface area contributed by atoms with Gasteiger partial charge in [-0.1, -0.05) is 30.3 Å². The summed E-state index contributed by atoms with van der Waals surface area (Å²) >= 11 is 1.52. The maximum Gasteiger partial charge on any atom is 0.276 e. The van der Waals surface area contributed by atoms with Gasteiger partial charge in [0.2, 0.25) is 0 Å². The Hall–Kier alpha value is -3.75. The van der Waals surface area contributed by atoms with Crippen molar-refractivity contribution >= 4 is 45.4 Å². The monoisotopic (exact) mass is 524 g/mol. The summed E-state index contributed by atoms with van der Waals surface area (Å²) in [6.07, 6.45) is 2.81. The molecule has 0 bridgehead atoms. The molecular formula is C30H28N4O3S. The number of anilines is 2. The van der Waals surface area contributed by atoms with Crippen LogP contribution in [0.15, 0.2) is 60.7 Å². The van der Waals surface area contributed by atoms with Crippen LogP contribution in [0.4, 0.5) is 11.4 Å². The van der Waals surface area contributed by atoms with Crippen molar-refractivity contribution in [2.45, 2.75) is 25.3 Å². The van der Waals surface area contributed by atoms with Gasteiger partial charge in [-0.3, -0.25) is 9.59 Å². The molecule has 2 aromatic heterocycles. The molecule has 7 rings (SSSR count). The van der Waals surface area contributed by atoms with Crippen molar-refractivity contribution in [3.8, 4) is 10.4 Å². The predicted molar refractivity (Wildman–Crippen MR) is 150 cm³/mol. The number of fused-ring (bicyclic) bond motifs is 4. The fourth-order valence-electron chi connectivity index (χ4n) is 5.28. The third-order valence-electron chi connectivity index (χ3n) is 7.51. The number of carbonyl (C=O) groups is 2. The molecule has 7 nitrogen and oxygen atoms in total. The van der Waals surface area contributed by atoms with E-state index in [1.165, 1.54) is 11.3 Å². The Balaban J connectivity index is 1.20. The first-order valence-corrected chi connectivity index (χ1v) is 14.0. The summed E-state index contributed by atoms with van der Waals surface area (Å²) in [5.74, 6) is -0.106. The third kappa shape index (κ3) is 4.33. The van der Waals surface area contributed by atoms with E-state index < -0.39 is 0 Å². The quantitative estimate of drug-likeness (QED) is 0.411. The van der Waals surface area contributed by atoms with Crippen LogP contribution in [0.1, 0.15) is 38.6 Å². The molecule has 3 aliphatic rings. The molecule has 1 N–H and O–H groups in total. The van der Waals surface area contributed by atoms with Crippen molar-refractivity contribution in [2.75, 3.05) is 42.6 Å². The summed E-state index contributed by atoms with van der Waals surface area (Å²) in [5.41, 5.74) is 5.30. The second-order valence-electron chi connectivity index (χ2n) is 10.1. The molecule has 192 valence electrons. The Morgan fingerprint density at radius 3 is 2.63 bits per heavy atom. The van der Waals surface area contributed by atoms with Crippen LogP contribution in [0.2, 0.25) is 0 Å². The third-order valence-corrected chi connectivity index (χ3v) is 8.72. The zero-order valence-corrected chi connectivity index (χ0v) is 21.8. The molecule has 1 aliphatic carbocycles. The minimum atomic E-state index is -0.113. The molecule has 8 heteroatoms. The summed E-state index contributed by atoms with van der Waals surface area (Å²) in [4.78, 5) is 37.4. The number of amides is 2. The lowest BCUT2D eigenvalue weighted by Gasteiger charge is -2.29. The smallest absolute Gasteiger partial charge is 0.276 e. The lowest BCUT2D eigenvalue weighted by Crippen LogP contribution is -2.36. The molecule has 4 heterocycles. The fourth-order valence-corrected chi connectivity index (χ4v) is 6.43. The average molecular weight is 525 g/mol. The van der Waals surface area contributed by atoms with E-state index in [1.807, 2.05) is 47.4 Å². The largest absolute Gasteiger partial charge is 0.378 e. The topological polar surface area (TPSA) is 74.8 Å². The molecular weight excluding hydrogens is 496 g/mol. The summed E-state index contributed by atoms with van der Waals surface area (Å²) in [7, 11) is 0. The number of para-hydroxylation sites is 1. The van der Waals surface area contributed by atoms with Crippen molar-refractivity contribution in [3.05, 3.63) is 76.8 Å². The van der Waals surface area contributed by atoms with E-state index in [0.29, 0.717) is 24.7 Å². The Labute approximate surface area is 225 Å². The minimum absolute atomic E-state index is 0.00722. The van der Waals surface area contributed by atoms with Gasteiger partial charge in [-0.25, -0.2) is 4.98 Å². The maximum absolute atomic E-state index is 13.9. The van der Waals surface area contributed by atoms with Crippen LogP contribution in [0.5, 0.6) is 0 Å². The summed E-state index contributed by atoms with van der Waals surface area (Å²) in [6.45, 7) is 3.66. The van der Waals surface area contributed by atoms with Crippen LogP contribution < -0.4 is 15.1 Å². The van der Waals surface area contributed by atoms with E-state index in [2.05, 4.69) is 28.4 Å². The molecule has 1 saturated heterocycles. The second-order valence-corrected chi connectivity index (χ2v) is 11.2. The van der Waals surface area contributed by atoms with Crippen LogP contribution in [-0.4, -0.2) is 55.7 Å². The highest BCUT2D eigenvalue weighted by Gasteiger charge is 2.29. The van der Waals surface area contributed by atoms with E-state index in [4.69, 9.17) is 9.72 Å².